The van der Waals surface area contributed by atoms with Crippen LogP contribution in [0.4, 0.5) is 0 Å². The van der Waals surface area contributed by atoms with Gasteiger partial charge in [0, 0.05) is 25.3 Å². The van der Waals surface area contributed by atoms with Gasteiger partial charge in [-0.1, -0.05) is 0 Å². The Kier molecular flexibility index (Phi) is 3.71. The van der Waals surface area contributed by atoms with Gasteiger partial charge in [0.1, 0.15) is 0 Å². The van der Waals surface area contributed by atoms with Gasteiger partial charge < -0.3 is 11.1 Å². The van der Waals surface area contributed by atoms with E-state index in [0.717, 1.165) is 37.2 Å². The van der Waals surface area contributed by atoms with Gasteiger partial charge in [0.15, 0.2) is 0 Å². The van der Waals surface area contributed by atoms with Gasteiger partial charge in [0.05, 0.1) is 11.3 Å². The van der Waals surface area contributed by atoms with Crippen LogP contribution in [0.1, 0.15) is 41.0 Å². The average molecular weight is 250 g/mol. The van der Waals surface area contributed by atoms with Crippen LogP contribution < -0.4 is 11.1 Å². The van der Waals surface area contributed by atoms with Crippen molar-refractivity contribution in [2.24, 2.45) is 18.7 Å². The molecule has 100 valence electrons. The molecular formula is C13H22N4O. The normalized spacial score (nSPS) is 23.3. The number of amides is 1. The summed E-state index contributed by atoms with van der Waals surface area (Å²) in [6.07, 6.45) is 3.21. The van der Waals surface area contributed by atoms with Crippen molar-refractivity contribution in [1.29, 1.82) is 0 Å². The predicted octanol–water partition coefficient (Wildman–Crippen LogP) is 0.894. The van der Waals surface area contributed by atoms with Crippen LogP contribution in [0.2, 0.25) is 0 Å². The molecule has 3 N–H and O–H groups in total. The van der Waals surface area contributed by atoms with Crippen molar-refractivity contribution >= 4 is 5.91 Å². The zero-order valence-corrected chi connectivity index (χ0v) is 11.4. The lowest BCUT2D eigenvalue weighted by Crippen LogP contribution is -2.30. The molecule has 0 spiro atoms. The smallest absolute Gasteiger partial charge is 0.255 e. The van der Waals surface area contributed by atoms with Crippen molar-refractivity contribution in [3.8, 4) is 0 Å². The number of nitrogens with one attached hydrogen (secondary N) is 1. The molecule has 5 heteroatoms. The standard InChI is InChI=1S/C13H22N4O/c1-8-12(9(2)17(3)16-8)13(18)15-7-10-4-5-11(14)6-10/h10-11H,4-7,14H2,1-3H3,(H,15,18). The van der Waals surface area contributed by atoms with Crippen molar-refractivity contribution in [3.05, 3.63) is 17.0 Å². The summed E-state index contributed by atoms with van der Waals surface area (Å²) in [4.78, 5) is 12.1. The lowest BCUT2D eigenvalue weighted by atomic mass is 10.1. The fourth-order valence-electron chi connectivity index (χ4n) is 2.73. The SMILES string of the molecule is Cc1nn(C)c(C)c1C(=O)NCC1CCC(N)C1. The first kappa shape index (κ1) is 13.1. The Labute approximate surface area is 108 Å². The van der Waals surface area contributed by atoms with E-state index in [4.69, 9.17) is 5.73 Å². The van der Waals surface area contributed by atoms with Crippen LogP contribution in [0.15, 0.2) is 0 Å². The number of carbonyl (C=O) groups is 1. The predicted molar refractivity (Wildman–Crippen MR) is 70.3 cm³/mol. The monoisotopic (exact) mass is 250 g/mol. The van der Waals surface area contributed by atoms with Crippen LogP contribution in [0.25, 0.3) is 0 Å². The summed E-state index contributed by atoms with van der Waals surface area (Å²) in [5.74, 6) is 0.514. The number of aromatic nitrogens is 2. The van der Waals surface area contributed by atoms with Gasteiger partial charge in [-0.3, -0.25) is 9.48 Å². The summed E-state index contributed by atoms with van der Waals surface area (Å²) in [5, 5.41) is 7.27. The number of hydrogen-bond donors (Lipinski definition) is 2. The Bertz CT molecular complexity index is 452. The van der Waals surface area contributed by atoms with Crippen LogP contribution in [0, 0.1) is 19.8 Å². The van der Waals surface area contributed by atoms with E-state index in [1.807, 2.05) is 20.9 Å². The second-order valence-electron chi connectivity index (χ2n) is 5.32. The summed E-state index contributed by atoms with van der Waals surface area (Å²) in [6, 6.07) is 0.314. The molecule has 1 fully saturated rings. The molecule has 1 aromatic rings. The molecule has 5 nitrogen and oxygen atoms in total. The maximum Gasteiger partial charge on any atom is 0.255 e. The highest BCUT2D eigenvalue weighted by Gasteiger charge is 2.23. The van der Waals surface area contributed by atoms with E-state index in [9.17, 15) is 4.79 Å². The molecule has 1 amide bonds. The van der Waals surface area contributed by atoms with Crippen molar-refractivity contribution in [1.82, 2.24) is 15.1 Å². The first-order valence-electron chi connectivity index (χ1n) is 6.53. The summed E-state index contributed by atoms with van der Waals surface area (Å²) in [5.41, 5.74) is 8.27. The average Bonchev–Trinajstić information content (AvgIpc) is 2.82. The zero-order chi connectivity index (χ0) is 13.3. The number of hydrogen-bond acceptors (Lipinski definition) is 3. The van der Waals surface area contributed by atoms with Gasteiger partial charge in [-0.15, -0.1) is 0 Å². The van der Waals surface area contributed by atoms with E-state index >= 15 is 0 Å². The van der Waals surface area contributed by atoms with E-state index in [-0.39, 0.29) is 5.91 Å². The van der Waals surface area contributed by atoms with Crippen molar-refractivity contribution in [3.63, 3.8) is 0 Å². The maximum atomic E-state index is 12.1. The molecule has 1 aliphatic rings. The highest BCUT2D eigenvalue weighted by molar-refractivity contribution is 5.96. The molecule has 0 saturated heterocycles. The van der Waals surface area contributed by atoms with Gasteiger partial charge in [0.2, 0.25) is 0 Å². The van der Waals surface area contributed by atoms with E-state index in [2.05, 4.69) is 10.4 Å². The van der Waals surface area contributed by atoms with Crippen LogP contribution in [0.5, 0.6) is 0 Å². The molecule has 0 radical (unpaired) electrons. The van der Waals surface area contributed by atoms with Crippen molar-refractivity contribution < 1.29 is 4.79 Å². The zero-order valence-electron chi connectivity index (χ0n) is 11.4. The number of rotatable bonds is 3. The summed E-state index contributed by atoms with van der Waals surface area (Å²) >= 11 is 0. The van der Waals surface area contributed by atoms with Gasteiger partial charge in [-0.2, -0.15) is 5.10 Å². The minimum atomic E-state index is -0.0152. The highest BCUT2D eigenvalue weighted by Crippen LogP contribution is 2.23. The summed E-state index contributed by atoms with van der Waals surface area (Å²) in [6.45, 7) is 4.51. The topological polar surface area (TPSA) is 72.9 Å². The minimum Gasteiger partial charge on any atom is -0.352 e. The molecule has 0 aliphatic heterocycles. The fraction of sp³-hybridized carbons (Fsp3) is 0.692. The Morgan fingerprint density at radius 2 is 2.22 bits per heavy atom. The maximum absolute atomic E-state index is 12.1. The molecule has 1 saturated carbocycles. The molecular weight excluding hydrogens is 228 g/mol. The van der Waals surface area contributed by atoms with E-state index in [1.54, 1.807) is 4.68 Å². The lowest BCUT2D eigenvalue weighted by Gasteiger charge is -2.11. The second-order valence-corrected chi connectivity index (χ2v) is 5.32. The van der Waals surface area contributed by atoms with E-state index in [1.165, 1.54) is 0 Å². The molecule has 1 aromatic heterocycles. The molecule has 1 aliphatic carbocycles. The first-order chi connectivity index (χ1) is 8.49. The highest BCUT2D eigenvalue weighted by atomic mass is 16.1. The van der Waals surface area contributed by atoms with Crippen molar-refractivity contribution in [2.75, 3.05) is 6.54 Å². The number of carbonyl (C=O) groups excluding carboxylic acids is 1. The van der Waals surface area contributed by atoms with Crippen LogP contribution in [-0.4, -0.2) is 28.3 Å². The molecule has 2 rings (SSSR count). The third kappa shape index (κ3) is 2.56. The molecule has 1 heterocycles. The van der Waals surface area contributed by atoms with Crippen molar-refractivity contribution in [2.45, 2.75) is 39.2 Å². The van der Waals surface area contributed by atoms with E-state index < -0.39 is 0 Å². The Morgan fingerprint density at radius 1 is 1.50 bits per heavy atom. The second kappa shape index (κ2) is 5.10. The Balaban J connectivity index is 1.95. The lowest BCUT2D eigenvalue weighted by molar-refractivity contribution is 0.0946. The third-order valence-electron chi connectivity index (χ3n) is 3.87. The largest absolute Gasteiger partial charge is 0.352 e. The van der Waals surface area contributed by atoms with Gasteiger partial charge >= 0.3 is 0 Å². The first-order valence-corrected chi connectivity index (χ1v) is 6.53. The fourth-order valence-corrected chi connectivity index (χ4v) is 2.73. The summed E-state index contributed by atoms with van der Waals surface area (Å²) in [7, 11) is 1.86. The number of nitrogens with two attached hydrogens (primary N) is 1. The number of aryl methyl sites for hydroxylation is 2. The number of nitrogens with zero attached hydrogens (tertiary/aromatic N) is 2. The molecule has 2 atom stereocenters. The Morgan fingerprint density at radius 3 is 2.72 bits per heavy atom. The Hall–Kier alpha value is -1.36. The summed E-state index contributed by atoms with van der Waals surface area (Å²) < 4.78 is 1.75. The molecule has 18 heavy (non-hydrogen) atoms. The quantitative estimate of drug-likeness (QED) is 0.837. The van der Waals surface area contributed by atoms with Crippen LogP contribution in [0.3, 0.4) is 0 Å². The van der Waals surface area contributed by atoms with E-state index in [0.29, 0.717) is 17.5 Å². The van der Waals surface area contributed by atoms with Crippen LogP contribution in [-0.2, 0) is 7.05 Å². The van der Waals surface area contributed by atoms with Crippen LogP contribution >= 0.6 is 0 Å². The molecule has 0 bridgehead atoms. The van der Waals surface area contributed by atoms with Gasteiger partial charge in [-0.05, 0) is 39.0 Å². The molecule has 2 unspecified atom stereocenters. The minimum absolute atomic E-state index is 0.0152. The third-order valence-corrected chi connectivity index (χ3v) is 3.87. The van der Waals surface area contributed by atoms with Gasteiger partial charge in [0.25, 0.3) is 5.91 Å². The van der Waals surface area contributed by atoms with Gasteiger partial charge in [-0.25, -0.2) is 0 Å². The molecule has 0 aromatic carbocycles.